The van der Waals surface area contributed by atoms with Gasteiger partial charge in [0.05, 0.1) is 0 Å². The topological polar surface area (TPSA) is 37.3 Å². The average molecular weight is 390 g/mol. The number of nitrogens with zero attached hydrogens (tertiary/aromatic N) is 2. The second kappa shape index (κ2) is 8.83. The Balaban J connectivity index is 1.48. The van der Waals surface area contributed by atoms with Crippen molar-refractivity contribution in [2.24, 2.45) is 5.92 Å². The van der Waals surface area contributed by atoms with Crippen LogP contribution < -0.4 is 5.32 Å². The van der Waals surface area contributed by atoms with E-state index in [0.717, 1.165) is 39.0 Å². The number of para-hydroxylation sites is 1. The quantitative estimate of drug-likeness (QED) is 0.677. The molecule has 2 heterocycles. The van der Waals surface area contributed by atoms with E-state index in [1.807, 2.05) is 13.8 Å². The van der Waals surface area contributed by atoms with Gasteiger partial charge >= 0.3 is 0 Å². The summed E-state index contributed by atoms with van der Waals surface area (Å²) in [6.45, 7) is 7.82. The molecule has 29 heavy (non-hydrogen) atoms. The lowest BCUT2D eigenvalue weighted by Crippen LogP contribution is -2.42. The molecule has 152 valence electrons. The van der Waals surface area contributed by atoms with Crippen molar-refractivity contribution in [1.29, 1.82) is 0 Å². The summed E-state index contributed by atoms with van der Waals surface area (Å²) in [7, 11) is 0. The number of aromatic nitrogens is 1. The number of carbonyl (C=O) groups excluding carboxylic acids is 1. The van der Waals surface area contributed by atoms with Crippen molar-refractivity contribution in [2.75, 3.05) is 13.1 Å². The molecule has 1 saturated heterocycles. The molecule has 0 atom stereocenters. The van der Waals surface area contributed by atoms with Gasteiger partial charge in [-0.2, -0.15) is 0 Å². The first kappa shape index (κ1) is 19.7. The fraction of sp³-hybridized carbons (Fsp3) is 0.400. The van der Waals surface area contributed by atoms with Crippen LogP contribution in [-0.2, 0) is 17.9 Å². The van der Waals surface area contributed by atoms with Crippen molar-refractivity contribution in [1.82, 2.24) is 14.8 Å². The highest BCUT2D eigenvalue weighted by Gasteiger charge is 2.26. The molecule has 3 aromatic rings. The van der Waals surface area contributed by atoms with Crippen molar-refractivity contribution in [3.63, 3.8) is 0 Å². The number of hydrogen-bond donors (Lipinski definition) is 1. The summed E-state index contributed by atoms with van der Waals surface area (Å²) in [5.74, 6) is 0.377. The van der Waals surface area contributed by atoms with Gasteiger partial charge < -0.3 is 9.88 Å². The van der Waals surface area contributed by atoms with Crippen LogP contribution >= 0.6 is 0 Å². The number of piperidine rings is 1. The molecular weight excluding hydrogens is 358 g/mol. The average Bonchev–Trinajstić information content (AvgIpc) is 3.06. The summed E-state index contributed by atoms with van der Waals surface area (Å²) < 4.78 is 2.45. The molecule has 0 bridgehead atoms. The van der Waals surface area contributed by atoms with Crippen LogP contribution in [0, 0.1) is 5.92 Å². The number of nitrogens with one attached hydrogen (secondary N) is 1. The Labute approximate surface area is 173 Å². The van der Waals surface area contributed by atoms with Gasteiger partial charge in [0.25, 0.3) is 0 Å². The Bertz CT molecular complexity index is 953. The molecule has 1 aliphatic heterocycles. The van der Waals surface area contributed by atoms with Gasteiger partial charge in [-0.25, -0.2) is 0 Å². The van der Waals surface area contributed by atoms with Crippen LogP contribution in [0.1, 0.15) is 37.9 Å². The van der Waals surface area contributed by atoms with Crippen LogP contribution in [0.25, 0.3) is 10.9 Å². The molecule has 4 heteroatoms. The molecule has 0 unspecified atom stereocenters. The van der Waals surface area contributed by atoms with E-state index in [2.05, 4.69) is 75.4 Å². The zero-order chi connectivity index (χ0) is 20.2. The maximum atomic E-state index is 12.3. The molecule has 1 N–H and O–H groups in total. The van der Waals surface area contributed by atoms with Gasteiger partial charge in [0.1, 0.15) is 0 Å². The van der Waals surface area contributed by atoms with E-state index in [4.69, 9.17) is 0 Å². The molecule has 4 rings (SSSR count). The third-order valence-corrected chi connectivity index (χ3v) is 5.85. The molecular formula is C25H31N3O. The standard InChI is InChI=1S/C25H31N3O/c1-19(2)26-25(29)21-12-14-27(15-13-21)18-23-16-22-10-6-7-11-24(22)28(23)17-20-8-4-3-5-9-20/h3-11,16,19,21H,12-15,17-18H2,1-2H3,(H,26,29). The number of carbonyl (C=O) groups is 1. The first-order chi connectivity index (χ1) is 14.1. The fourth-order valence-corrected chi connectivity index (χ4v) is 4.34. The summed E-state index contributed by atoms with van der Waals surface area (Å²) in [6, 6.07) is 21.8. The van der Waals surface area contributed by atoms with E-state index < -0.39 is 0 Å². The molecule has 1 aromatic heterocycles. The highest BCUT2D eigenvalue weighted by molar-refractivity contribution is 5.81. The molecule has 1 aliphatic rings. The monoisotopic (exact) mass is 389 g/mol. The molecule has 0 saturated carbocycles. The van der Waals surface area contributed by atoms with Crippen molar-refractivity contribution in [3.8, 4) is 0 Å². The minimum atomic E-state index is 0.156. The Morgan fingerprint density at radius 3 is 2.41 bits per heavy atom. The maximum absolute atomic E-state index is 12.3. The zero-order valence-electron chi connectivity index (χ0n) is 17.5. The molecule has 2 aromatic carbocycles. The first-order valence-corrected chi connectivity index (χ1v) is 10.7. The fourth-order valence-electron chi connectivity index (χ4n) is 4.34. The van der Waals surface area contributed by atoms with Crippen LogP contribution in [0.4, 0.5) is 0 Å². The normalized spacial score (nSPS) is 15.8. The van der Waals surface area contributed by atoms with Crippen LogP contribution in [0.3, 0.4) is 0 Å². The second-order valence-electron chi connectivity index (χ2n) is 8.48. The number of fused-ring (bicyclic) bond motifs is 1. The summed E-state index contributed by atoms with van der Waals surface area (Å²) in [5, 5.41) is 4.37. The van der Waals surface area contributed by atoms with E-state index in [9.17, 15) is 4.79 Å². The van der Waals surface area contributed by atoms with E-state index in [1.54, 1.807) is 0 Å². The highest BCUT2D eigenvalue weighted by atomic mass is 16.1. The minimum Gasteiger partial charge on any atom is -0.354 e. The second-order valence-corrected chi connectivity index (χ2v) is 8.48. The Morgan fingerprint density at radius 2 is 1.69 bits per heavy atom. The predicted molar refractivity (Wildman–Crippen MR) is 119 cm³/mol. The number of rotatable bonds is 6. The summed E-state index contributed by atoms with van der Waals surface area (Å²) in [6.07, 6.45) is 1.88. The van der Waals surface area contributed by atoms with Crippen molar-refractivity contribution in [2.45, 2.75) is 45.8 Å². The molecule has 0 radical (unpaired) electrons. The van der Waals surface area contributed by atoms with Gasteiger partial charge in [-0.1, -0.05) is 48.5 Å². The zero-order valence-corrected chi connectivity index (χ0v) is 17.5. The van der Waals surface area contributed by atoms with E-state index in [1.165, 1.54) is 22.2 Å². The van der Waals surface area contributed by atoms with Gasteiger partial charge in [-0.3, -0.25) is 9.69 Å². The lowest BCUT2D eigenvalue weighted by atomic mass is 9.95. The van der Waals surface area contributed by atoms with E-state index in [0.29, 0.717) is 0 Å². The van der Waals surface area contributed by atoms with Gasteiger partial charge in [-0.05, 0) is 62.9 Å². The molecule has 0 aliphatic carbocycles. The van der Waals surface area contributed by atoms with Crippen LogP contribution in [0.5, 0.6) is 0 Å². The van der Waals surface area contributed by atoms with Crippen LogP contribution in [0.2, 0.25) is 0 Å². The van der Waals surface area contributed by atoms with Gasteiger partial charge in [0.2, 0.25) is 5.91 Å². The smallest absolute Gasteiger partial charge is 0.223 e. The molecule has 4 nitrogen and oxygen atoms in total. The predicted octanol–water partition coefficient (Wildman–Crippen LogP) is 4.43. The van der Waals surface area contributed by atoms with Crippen molar-refractivity contribution in [3.05, 3.63) is 71.9 Å². The maximum Gasteiger partial charge on any atom is 0.223 e. The summed E-state index contributed by atoms with van der Waals surface area (Å²) in [4.78, 5) is 14.8. The lowest BCUT2D eigenvalue weighted by molar-refractivity contribution is -0.127. The third kappa shape index (κ3) is 4.70. The first-order valence-electron chi connectivity index (χ1n) is 10.7. The van der Waals surface area contributed by atoms with Gasteiger partial charge in [0, 0.05) is 36.3 Å². The lowest BCUT2D eigenvalue weighted by Gasteiger charge is -2.32. The third-order valence-electron chi connectivity index (χ3n) is 5.85. The Kier molecular flexibility index (Phi) is 6.00. The van der Waals surface area contributed by atoms with Crippen LogP contribution in [-0.4, -0.2) is 34.5 Å². The van der Waals surface area contributed by atoms with Gasteiger partial charge in [0.15, 0.2) is 0 Å². The van der Waals surface area contributed by atoms with Crippen LogP contribution in [0.15, 0.2) is 60.7 Å². The van der Waals surface area contributed by atoms with Gasteiger partial charge in [-0.15, -0.1) is 0 Å². The largest absolute Gasteiger partial charge is 0.354 e. The Hall–Kier alpha value is -2.59. The van der Waals surface area contributed by atoms with E-state index in [-0.39, 0.29) is 17.9 Å². The number of amides is 1. The molecule has 1 fully saturated rings. The van der Waals surface area contributed by atoms with E-state index >= 15 is 0 Å². The SMILES string of the molecule is CC(C)NC(=O)C1CCN(Cc2cc3ccccc3n2Cc2ccccc2)CC1. The number of hydrogen-bond acceptors (Lipinski definition) is 2. The minimum absolute atomic E-state index is 0.156. The Morgan fingerprint density at radius 1 is 1.00 bits per heavy atom. The molecule has 0 spiro atoms. The summed E-state index contributed by atoms with van der Waals surface area (Å²) in [5.41, 5.74) is 3.96. The van der Waals surface area contributed by atoms with Crippen molar-refractivity contribution < 1.29 is 4.79 Å². The summed E-state index contributed by atoms with van der Waals surface area (Å²) >= 11 is 0. The van der Waals surface area contributed by atoms with Crippen molar-refractivity contribution >= 4 is 16.8 Å². The number of likely N-dealkylation sites (tertiary alicyclic amines) is 1. The number of benzene rings is 2. The highest BCUT2D eigenvalue weighted by Crippen LogP contribution is 2.25. The molecule has 1 amide bonds.